The highest BCUT2D eigenvalue weighted by Gasteiger charge is 2.20. The average Bonchev–Trinajstić information content (AvgIpc) is 2.62. The molecule has 2 aromatic rings. The predicted octanol–water partition coefficient (Wildman–Crippen LogP) is 5.43. The molecule has 0 bridgehead atoms. The van der Waals surface area contributed by atoms with E-state index in [1.54, 1.807) is 17.4 Å². The standard InChI is InChI=1S/C13H12BrCl2NS/c1-7-5-10(14)13(18-7)12(17-2)9-4-3-8(15)6-11(9)16/h3-6,12,17H,1-2H3. The molecule has 5 heteroatoms. The van der Waals surface area contributed by atoms with Crippen molar-refractivity contribution in [2.75, 3.05) is 7.05 Å². The Bertz CT molecular complexity index is 568. The van der Waals surface area contributed by atoms with Gasteiger partial charge in [0.1, 0.15) is 0 Å². The fourth-order valence-electron chi connectivity index (χ4n) is 1.86. The maximum Gasteiger partial charge on any atom is 0.0694 e. The van der Waals surface area contributed by atoms with E-state index in [-0.39, 0.29) is 6.04 Å². The van der Waals surface area contributed by atoms with Gasteiger partial charge in [-0.1, -0.05) is 29.3 Å². The zero-order valence-electron chi connectivity index (χ0n) is 9.93. The van der Waals surface area contributed by atoms with Crippen molar-refractivity contribution >= 4 is 50.5 Å². The summed E-state index contributed by atoms with van der Waals surface area (Å²) in [5, 5.41) is 4.64. The number of rotatable bonds is 3. The number of halogens is 3. The summed E-state index contributed by atoms with van der Waals surface area (Å²) in [7, 11) is 1.93. The van der Waals surface area contributed by atoms with E-state index in [4.69, 9.17) is 23.2 Å². The van der Waals surface area contributed by atoms with Crippen LogP contribution in [0.5, 0.6) is 0 Å². The molecular formula is C13H12BrCl2NS. The van der Waals surface area contributed by atoms with Gasteiger partial charge in [-0.25, -0.2) is 0 Å². The highest BCUT2D eigenvalue weighted by atomic mass is 79.9. The highest BCUT2D eigenvalue weighted by molar-refractivity contribution is 9.10. The SMILES string of the molecule is CNC(c1ccc(Cl)cc1Cl)c1sc(C)cc1Br. The van der Waals surface area contributed by atoms with Crippen molar-refractivity contribution in [3.63, 3.8) is 0 Å². The summed E-state index contributed by atoms with van der Waals surface area (Å²) in [5.74, 6) is 0. The minimum atomic E-state index is 0.0721. The molecule has 2 rings (SSSR count). The van der Waals surface area contributed by atoms with Gasteiger partial charge >= 0.3 is 0 Å². The predicted molar refractivity (Wildman–Crippen MR) is 84.1 cm³/mol. The molecule has 1 heterocycles. The maximum atomic E-state index is 6.28. The molecule has 1 nitrogen and oxygen atoms in total. The number of aryl methyl sites for hydroxylation is 1. The van der Waals surface area contributed by atoms with Crippen molar-refractivity contribution in [3.05, 3.63) is 54.1 Å². The van der Waals surface area contributed by atoms with Gasteiger partial charge in [-0.05, 0) is 53.7 Å². The summed E-state index contributed by atoms with van der Waals surface area (Å²) >= 11 is 17.6. The minimum absolute atomic E-state index is 0.0721. The van der Waals surface area contributed by atoms with Crippen LogP contribution < -0.4 is 5.32 Å². The molecule has 0 spiro atoms. The van der Waals surface area contributed by atoms with E-state index < -0.39 is 0 Å². The van der Waals surface area contributed by atoms with Gasteiger partial charge in [0.25, 0.3) is 0 Å². The Morgan fingerprint density at radius 3 is 2.50 bits per heavy atom. The van der Waals surface area contributed by atoms with E-state index in [9.17, 15) is 0 Å². The lowest BCUT2D eigenvalue weighted by molar-refractivity contribution is 0.702. The molecule has 1 aromatic carbocycles. The van der Waals surface area contributed by atoms with Crippen LogP contribution in [0.1, 0.15) is 21.4 Å². The normalized spacial score (nSPS) is 12.7. The lowest BCUT2D eigenvalue weighted by Gasteiger charge is -2.17. The average molecular weight is 365 g/mol. The van der Waals surface area contributed by atoms with E-state index in [1.165, 1.54) is 9.75 Å². The summed E-state index contributed by atoms with van der Waals surface area (Å²) in [6.45, 7) is 2.09. The number of hydrogen-bond donors (Lipinski definition) is 1. The Kier molecular flexibility index (Phi) is 4.73. The fourth-order valence-corrected chi connectivity index (χ4v) is 4.39. The van der Waals surface area contributed by atoms with Crippen molar-refractivity contribution in [3.8, 4) is 0 Å². The zero-order chi connectivity index (χ0) is 13.3. The summed E-state index contributed by atoms with van der Waals surface area (Å²) in [5.41, 5.74) is 1.03. The van der Waals surface area contributed by atoms with Crippen molar-refractivity contribution < 1.29 is 0 Å². The maximum absolute atomic E-state index is 6.28. The van der Waals surface area contributed by atoms with E-state index in [2.05, 4.69) is 34.2 Å². The Morgan fingerprint density at radius 1 is 1.28 bits per heavy atom. The Morgan fingerprint density at radius 2 is 2.00 bits per heavy atom. The van der Waals surface area contributed by atoms with Crippen molar-refractivity contribution in [2.24, 2.45) is 0 Å². The third-order valence-corrected chi connectivity index (χ3v) is 5.26. The van der Waals surface area contributed by atoms with Gasteiger partial charge in [0, 0.05) is 24.3 Å². The first-order valence-corrected chi connectivity index (χ1v) is 7.77. The second-order valence-electron chi connectivity index (χ2n) is 3.96. The van der Waals surface area contributed by atoms with Crippen molar-refractivity contribution in [1.29, 1.82) is 0 Å². The Hall–Kier alpha value is -0.0600. The van der Waals surface area contributed by atoms with Gasteiger partial charge < -0.3 is 5.32 Å². The van der Waals surface area contributed by atoms with Crippen molar-refractivity contribution in [2.45, 2.75) is 13.0 Å². The smallest absolute Gasteiger partial charge is 0.0694 e. The quantitative estimate of drug-likeness (QED) is 0.765. The summed E-state index contributed by atoms with van der Waals surface area (Å²) in [6.07, 6.45) is 0. The molecule has 0 radical (unpaired) electrons. The molecule has 0 fully saturated rings. The molecular weight excluding hydrogens is 353 g/mol. The van der Waals surface area contributed by atoms with Crippen molar-refractivity contribution in [1.82, 2.24) is 5.32 Å². The Labute approximate surface area is 129 Å². The second-order valence-corrected chi connectivity index (χ2v) is 6.94. The van der Waals surface area contributed by atoms with Gasteiger partial charge in [-0.15, -0.1) is 11.3 Å². The number of thiophene rings is 1. The first kappa shape index (κ1) is 14.4. The zero-order valence-corrected chi connectivity index (χ0v) is 13.8. The summed E-state index contributed by atoms with van der Waals surface area (Å²) in [6, 6.07) is 7.79. The van der Waals surface area contributed by atoms with Crippen LogP contribution in [0.25, 0.3) is 0 Å². The van der Waals surface area contributed by atoms with Crippen LogP contribution in [-0.4, -0.2) is 7.05 Å². The van der Waals surface area contributed by atoms with Gasteiger partial charge in [0.15, 0.2) is 0 Å². The molecule has 1 unspecified atom stereocenters. The van der Waals surface area contributed by atoms with Crippen LogP contribution in [-0.2, 0) is 0 Å². The van der Waals surface area contributed by atoms with Crippen LogP contribution in [0.3, 0.4) is 0 Å². The number of benzene rings is 1. The van der Waals surface area contributed by atoms with Crippen LogP contribution in [0.2, 0.25) is 10.0 Å². The fraction of sp³-hybridized carbons (Fsp3) is 0.231. The highest BCUT2D eigenvalue weighted by Crippen LogP contribution is 2.38. The Balaban J connectivity index is 2.48. The third kappa shape index (κ3) is 2.91. The van der Waals surface area contributed by atoms with E-state index >= 15 is 0 Å². The molecule has 1 atom stereocenters. The number of nitrogens with one attached hydrogen (secondary N) is 1. The summed E-state index contributed by atoms with van der Waals surface area (Å²) in [4.78, 5) is 2.49. The minimum Gasteiger partial charge on any atom is -0.309 e. The molecule has 0 aliphatic rings. The van der Waals surface area contributed by atoms with Crippen LogP contribution >= 0.6 is 50.5 Å². The van der Waals surface area contributed by atoms with Crippen LogP contribution in [0.15, 0.2) is 28.7 Å². The first-order chi connectivity index (χ1) is 8.52. The molecule has 0 aliphatic heterocycles. The van der Waals surface area contributed by atoms with Gasteiger partial charge in [0.2, 0.25) is 0 Å². The van der Waals surface area contributed by atoms with Crippen LogP contribution in [0.4, 0.5) is 0 Å². The monoisotopic (exact) mass is 363 g/mol. The molecule has 96 valence electrons. The number of hydrogen-bond acceptors (Lipinski definition) is 2. The lowest BCUT2D eigenvalue weighted by Crippen LogP contribution is -2.17. The lowest BCUT2D eigenvalue weighted by atomic mass is 10.1. The first-order valence-electron chi connectivity index (χ1n) is 5.41. The molecule has 0 saturated carbocycles. The topological polar surface area (TPSA) is 12.0 Å². The van der Waals surface area contributed by atoms with Gasteiger partial charge in [-0.3, -0.25) is 0 Å². The third-order valence-electron chi connectivity index (χ3n) is 2.66. The molecule has 0 aliphatic carbocycles. The van der Waals surface area contributed by atoms with Gasteiger partial charge in [-0.2, -0.15) is 0 Å². The summed E-state index contributed by atoms with van der Waals surface area (Å²) < 4.78 is 1.11. The van der Waals surface area contributed by atoms with E-state index in [0.29, 0.717) is 10.0 Å². The van der Waals surface area contributed by atoms with E-state index in [0.717, 1.165) is 10.0 Å². The second kappa shape index (κ2) is 5.93. The molecule has 18 heavy (non-hydrogen) atoms. The van der Waals surface area contributed by atoms with Gasteiger partial charge in [0.05, 0.1) is 6.04 Å². The van der Waals surface area contributed by atoms with Crippen LogP contribution in [0, 0.1) is 6.92 Å². The van der Waals surface area contributed by atoms with E-state index in [1.807, 2.05) is 19.2 Å². The molecule has 1 N–H and O–H groups in total. The molecule has 1 aromatic heterocycles. The molecule has 0 saturated heterocycles. The molecule has 0 amide bonds. The largest absolute Gasteiger partial charge is 0.309 e.